The van der Waals surface area contributed by atoms with Gasteiger partial charge in [-0.05, 0) is 0 Å². The Labute approximate surface area is 69.7 Å². The standard InChI is InChI=1S/C6H10N4O2/c1-9-4-7-5(8-9)6(11)10(2)12-3/h4H,1-3H3. The highest BCUT2D eigenvalue weighted by Crippen LogP contribution is 1.94. The van der Waals surface area contributed by atoms with Gasteiger partial charge in [-0.15, -0.1) is 5.10 Å². The molecule has 1 rings (SSSR count). The highest BCUT2D eigenvalue weighted by atomic mass is 16.7. The normalized spacial score (nSPS) is 9.92. The molecule has 0 aromatic carbocycles. The maximum absolute atomic E-state index is 11.3. The Morgan fingerprint density at radius 3 is 2.83 bits per heavy atom. The summed E-state index contributed by atoms with van der Waals surface area (Å²) in [6.45, 7) is 0. The highest BCUT2D eigenvalue weighted by Gasteiger charge is 2.15. The van der Waals surface area contributed by atoms with E-state index in [2.05, 4.69) is 14.9 Å². The third kappa shape index (κ3) is 1.59. The van der Waals surface area contributed by atoms with E-state index in [1.54, 1.807) is 7.05 Å². The smallest absolute Gasteiger partial charge is 0.274 e. The summed E-state index contributed by atoms with van der Waals surface area (Å²) in [7, 11) is 4.59. The van der Waals surface area contributed by atoms with Gasteiger partial charge in [0.25, 0.3) is 0 Å². The van der Waals surface area contributed by atoms with Gasteiger partial charge in [0.15, 0.2) is 0 Å². The predicted octanol–water partition coefficient (Wildman–Crippen LogP) is -0.552. The summed E-state index contributed by atoms with van der Waals surface area (Å²) in [5.74, 6) is -0.236. The van der Waals surface area contributed by atoms with E-state index >= 15 is 0 Å². The van der Waals surface area contributed by atoms with E-state index in [1.807, 2.05) is 0 Å². The molecular weight excluding hydrogens is 160 g/mol. The number of hydroxylamine groups is 2. The molecule has 1 amide bonds. The molecule has 1 aromatic rings. The monoisotopic (exact) mass is 170 g/mol. The number of rotatable bonds is 2. The lowest BCUT2D eigenvalue weighted by atomic mass is 10.6. The zero-order chi connectivity index (χ0) is 9.14. The average molecular weight is 170 g/mol. The van der Waals surface area contributed by atoms with Crippen LogP contribution in [0.5, 0.6) is 0 Å². The van der Waals surface area contributed by atoms with Gasteiger partial charge < -0.3 is 0 Å². The third-order valence-electron chi connectivity index (χ3n) is 1.35. The fraction of sp³-hybridized carbons (Fsp3) is 0.500. The summed E-state index contributed by atoms with van der Waals surface area (Å²) >= 11 is 0. The zero-order valence-corrected chi connectivity index (χ0v) is 7.18. The van der Waals surface area contributed by atoms with Gasteiger partial charge in [0.2, 0.25) is 5.82 Å². The summed E-state index contributed by atoms with van der Waals surface area (Å²) in [5.41, 5.74) is 0. The number of amides is 1. The van der Waals surface area contributed by atoms with Crippen molar-refractivity contribution in [1.29, 1.82) is 0 Å². The molecule has 0 unspecified atom stereocenters. The summed E-state index contributed by atoms with van der Waals surface area (Å²) < 4.78 is 1.46. The molecule has 0 aliphatic heterocycles. The van der Waals surface area contributed by atoms with Gasteiger partial charge in [-0.25, -0.2) is 10.0 Å². The van der Waals surface area contributed by atoms with Crippen LogP contribution in [0.4, 0.5) is 0 Å². The first-order chi connectivity index (χ1) is 5.65. The summed E-state index contributed by atoms with van der Waals surface area (Å²) in [6, 6.07) is 0. The number of aromatic nitrogens is 3. The Morgan fingerprint density at radius 1 is 1.75 bits per heavy atom. The van der Waals surface area contributed by atoms with E-state index in [0.29, 0.717) is 0 Å². The van der Waals surface area contributed by atoms with Crippen molar-refractivity contribution in [2.75, 3.05) is 14.2 Å². The van der Waals surface area contributed by atoms with E-state index in [4.69, 9.17) is 0 Å². The summed E-state index contributed by atoms with van der Waals surface area (Å²) in [5, 5.41) is 4.88. The maximum atomic E-state index is 11.3. The van der Waals surface area contributed by atoms with Crippen LogP contribution >= 0.6 is 0 Å². The van der Waals surface area contributed by atoms with Crippen molar-refractivity contribution in [3.63, 3.8) is 0 Å². The lowest BCUT2D eigenvalue weighted by Gasteiger charge is -2.10. The van der Waals surface area contributed by atoms with Crippen molar-refractivity contribution in [2.24, 2.45) is 7.05 Å². The van der Waals surface area contributed by atoms with Crippen LogP contribution in [0.3, 0.4) is 0 Å². The zero-order valence-electron chi connectivity index (χ0n) is 7.18. The molecule has 0 fully saturated rings. The second kappa shape index (κ2) is 3.31. The Morgan fingerprint density at radius 2 is 2.42 bits per heavy atom. The van der Waals surface area contributed by atoms with Crippen molar-refractivity contribution >= 4 is 5.91 Å². The van der Waals surface area contributed by atoms with Crippen LogP contribution in [0.25, 0.3) is 0 Å². The Bertz CT molecular complexity index is 283. The van der Waals surface area contributed by atoms with Crippen molar-refractivity contribution < 1.29 is 9.63 Å². The van der Waals surface area contributed by atoms with Crippen molar-refractivity contribution in [3.05, 3.63) is 12.2 Å². The van der Waals surface area contributed by atoms with Crippen LogP contribution in [0.2, 0.25) is 0 Å². The minimum atomic E-state index is -0.363. The summed E-state index contributed by atoms with van der Waals surface area (Å²) in [4.78, 5) is 19.7. The minimum absolute atomic E-state index is 0.127. The lowest BCUT2D eigenvalue weighted by molar-refractivity contribution is -0.0764. The molecule has 6 heteroatoms. The third-order valence-corrected chi connectivity index (χ3v) is 1.35. The van der Waals surface area contributed by atoms with Crippen LogP contribution in [0, 0.1) is 0 Å². The molecular formula is C6H10N4O2. The number of carbonyl (C=O) groups is 1. The Hall–Kier alpha value is -1.43. The van der Waals surface area contributed by atoms with Crippen molar-refractivity contribution in [1.82, 2.24) is 19.8 Å². The molecule has 0 atom stereocenters. The van der Waals surface area contributed by atoms with E-state index in [1.165, 1.54) is 25.2 Å². The van der Waals surface area contributed by atoms with Gasteiger partial charge in [0.05, 0.1) is 7.11 Å². The number of hydrogen-bond donors (Lipinski definition) is 0. The van der Waals surface area contributed by atoms with Crippen LogP contribution in [0.15, 0.2) is 6.33 Å². The number of carbonyl (C=O) groups excluding carboxylic acids is 1. The average Bonchev–Trinajstić information content (AvgIpc) is 2.49. The van der Waals surface area contributed by atoms with Gasteiger partial charge in [-0.2, -0.15) is 0 Å². The van der Waals surface area contributed by atoms with Crippen LogP contribution in [0.1, 0.15) is 10.6 Å². The van der Waals surface area contributed by atoms with E-state index in [-0.39, 0.29) is 11.7 Å². The minimum Gasteiger partial charge on any atom is -0.274 e. The molecule has 6 nitrogen and oxygen atoms in total. The summed E-state index contributed by atoms with van der Waals surface area (Å²) in [6.07, 6.45) is 1.46. The van der Waals surface area contributed by atoms with Crippen LogP contribution < -0.4 is 0 Å². The van der Waals surface area contributed by atoms with Gasteiger partial charge in [0, 0.05) is 14.1 Å². The molecule has 0 bridgehead atoms. The molecule has 12 heavy (non-hydrogen) atoms. The molecule has 1 aromatic heterocycles. The topological polar surface area (TPSA) is 60.2 Å². The van der Waals surface area contributed by atoms with Gasteiger partial charge >= 0.3 is 5.91 Å². The van der Waals surface area contributed by atoms with E-state index < -0.39 is 0 Å². The quantitative estimate of drug-likeness (QED) is 0.559. The van der Waals surface area contributed by atoms with Crippen molar-refractivity contribution in [3.8, 4) is 0 Å². The Balaban J connectivity index is 2.78. The van der Waals surface area contributed by atoms with Gasteiger partial charge in [-0.3, -0.25) is 14.3 Å². The Kier molecular flexibility index (Phi) is 2.39. The second-order valence-electron chi connectivity index (χ2n) is 2.23. The lowest BCUT2D eigenvalue weighted by Crippen LogP contribution is -2.26. The largest absolute Gasteiger partial charge is 0.316 e. The molecule has 0 saturated heterocycles. The first-order valence-corrected chi connectivity index (χ1v) is 3.33. The fourth-order valence-electron chi connectivity index (χ4n) is 0.661. The predicted molar refractivity (Wildman–Crippen MR) is 40.1 cm³/mol. The molecule has 0 radical (unpaired) electrons. The number of hydrogen-bond acceptors (Lipinski definition) is 4. The van der Waals surface area contributed by atoms with Crippen LogP contribution in [-0.4, -0.2) is 39.9 Å². The van der Waals surface area contributed by atoms with Gasteiger partial charge in [0.1, 0.15) is 6.33 Å². The van der Waals surface area contributed by atoms with Gasteiger partial charge in [-0.1, -0.05) is 0 Å². The van der Waals surface area contributed by atoms with Crippen molar-refractivity contribution in [2.45, 2.75) is 0 Å². The first-order valence-electron chi connectivity index (χ1n) is 3.33. The first kappa shape index (κ1) is 8.66. The molecule has 0 aliphatic carbocycles. The highest BCUT2D eigenvalue weighted by molar-refractivity contribution is 5.89. The molecule has 0 spiro atoms. The second-order valence-corrected chi connectivity index (χ2v) is 2.23. The van der Waals surface area contributed by atoms with E-state index in [9.17, 15) is 4.79 Å². The fourth-order valence-corrected chi connectivity index (χ4v) is 0.661. The van der Waals surface area contributed by atoms with E-state index in [0.717, 1.165) is 5.06 Å². The maximum Gasteiger partial charge on any atom is 0.316 e. The molecule has 0 N–H and O–H groups in total. The number of aryl methyl sites for hydroxylation is 1. The van der Waals surface area contributed by atoms with Crippen LogP contribution in [-0.2, 0) is 11.9 Å². The number of nitrogens with zero attached hydrogens (tertiary/aromatic N) is 4. The molecule has 0 aliphatic rings. The molecule has 0 saturated carbocycles. The molecule has 1 heterocycles. The molecule has 66 valence electrons. The SMILES string of the molecule is CON(C)C(=O)c1ncn(C)n1.